The summed E-state index contributed by atoms with van der Waals surface area (Å²) in [6.07, 6.45) is 8.81. The van der Waals surface area contributed by atoms with Crippen LogP contribution in [-0.4, -0.2) is 44.8 Å². The molecule has 0 aliphatic heterocycles. The van der Waals surface area contributed by atoms with Crippen molar-refractivity contribution in [2.45, 2.75) is 69.2 Å². The van der Waals surface area contributed by atoms with E-state index in [1.165, 1.54) is 12.8 Å². The minimum atomic E-state index is -0.389. The Hall–Kier alpha value is -1.63. The lowest BCUT2D eigenvalue weighted by Crippen LogP contribution is -2.56. The highest BCUT2D eigenvalue weighted by molar-refractivity contribution is 6.27. The molecule has 3 rings (SSSR count). The molecule has 2 aliphatic rings. The van der Waals surface area contributed by atoms with Crippen LogP contribution < -0.4 is 10.6 Å². The van der Waals surface area contributed by atoms with E-state index in [-0.39, 0.29) is 29.2 Å². The predicted molar refractivity (Wildman–Crippen MR) is 99.0 cm³/mol. The number of nitrogens with one attached hydrogen (secondary N) is 2. The van der Waals surface area contributed by atoms with Gasteiger partial charge in [0.1, 0.15) is 5.88 Å². The second-order valence-electron chi connectivity index (χ2n) is 7.58. The van der Waals surface area contributed by atoms with E-state index in [1.54, 1.807) is 4.68 Å². The molecule has 8 heteroatoms. The van der Waals surface area contributed by atoms with Gasteiger partial charge in [-0.2, -0.15) is 0 Å². The highest BCUT2D eigenvalue weighted by Gasteiger charge is 2.35. The highest BCUT2D eigenvalue weighted by Crippen LogP contribution is 2.31. The van der Waals surface area contributed by atoms with Gasteiger partial charge in [-0.3, -0.25) is 14.3 Å². The number of carbonyl (C=O) groups excluding carboxylic acids is 2. The fourth-order valence-electron chi connectivity index (χ4n) is 4.34. The van der Waals surface area contributed by atoms with Crippen LogP contribution in [0.2, 0.25) is 0 Å². The number of nitrogens with zero attached hydrogens (tertiary/aromatic N) is 3. The molecule has 0 aromatic carbocycles. The fourth-order valence-corrected chi connectivity index (χ4v) is 4.40. The third-order valence-electron chi connectivity index (χ3n) is 5.68. The fraction of sp³-hybridized carbons (Fsp3) is 0.778. The lowest BCUT2D eigenvalue weighted by atomic mass is 9.87. The maximum absolute atomic E-state index is 12.9. The molecule has 1 heterocycles. The number of aryl methyl sites for hydroxylation is 2. The van der Waals surface area contributed by atoms with E-state index < -0.39 is 0 Å². The van der Waals surface area contributed by atoms with E-state index in [0.717, 1.165) is 56.3 Å². The summed E-state index contributed by atoms with van der Waals surface area (Å²) in [7, 11) is 1.84. The summed E-state index contributed by atoms with van der Waals surface area (Å²) in [6.45, 7) is 0.450. The van der Waals surface area contributed by atoms with E-state index in [1.807, 2.05) is 7.05 Å². The number of hydrogen-bond donors (Lipinski definition) is 2. The molecule has 1 aromatic rings. The number of rotatable bonds is 5. The van der Waals surface area contributed by atoms with Gasteiger partial charge in [-0.25, -0.2) is 0 Å². The molecule has 26 heavy (non-hydrogen) atoms. The SMILES string of the molecule is Cn1nnc2c1C(C(=O)NCC1(NC(=O)CCl)CCCCCC1)CCC2. The first kappa shape index (κ1) is 19.1. The van der Waals surface area contributed by atoms with Crippen LogP contribution in [0.1, 0.15) is 68.7 Å². The molecule has 2 N–H and O–H groups in total. The van der Waals surface area contributed by atoms with Crippen molar-refractivity contribution < 1.29 is 9.59 Å². The van der Waals surface area contributed by atoms with Crippen LogP contribution in [0.5, 0.6) is 0 Å². The highest BCUT2D eigenvalue weighted by atomic mass is 35.5. The molecular weight excluding hydrogens is 354 g/mol. The van der Waals surface area contributed by atoms with Crippen molar-refractivity contribution >= 4 is 23.4 Å². The van der Waals surface area contributed by atoms with Gasteiger partial charge in [-0.15, -0.1) is 16.7 Å². The summed E-state index contributed by atoms with van der Waals surface area (Å²) in [5.74, 6) is -0.438. The summed E-state index contributed by atoms with van der Waals surface area (Å²) >= 11 is 5.70. The monoisotopic (exact) mass is 381 g/mol. The maximum Gasteiger partial charge on any atom is 0.235 e. The standard InChI is InChI=1S/C18H28ClN5O2/c1-24-16-13(7-6-8-14(16)22-23-24)17(26)20-12-18(21-15(25)11-19)9-4-2-3-5-10-18/h13H,2-12H2,1H3,(H,20,26)(H,21,25). The summed E-state index contributed by atoms with van der Waals surface area (Å²) in [4.78, 5) is 24.9. The Morgan fingerprint density at radius 2 is 1.96 bits per heavy atom. The molecule has 7 nitrogen and oxygen atoms in total. The number of alkyl halides is 1. The number of carbonyl (C=O) groups is 2. The zero-order valence-electron chi connectivity index (χ0n) is 15.4. The number of aromatic nitrogens is 3. The molecule has 1 atom stereocenters. The van der Waals surface area contributed by atoms with Gasteiger partial charge in [0.2, 0.25) is 11.8 Å². The first-order valence-electron chi connectivity index (χ1n) is 9.58. The summed E-state index contributed by atoms with van der Waals surface area (Å²) in [6, 6.07) is 0. The van der Waals surface area contributed by atoms with Crippen LogP contribution in [0.15, 0.2) is 0 Å². The van der Waals surface area contributed by atoms with Crippen LogP contribution in [-0.2, 0) is 23.1 Å². The normalized spacial score (nSPS) is 22.2. The van der Waals surface area contributed by atoms with E-state index in [9.17, 15) is 9.59 Å². The lowest BCUT2D eigenvalue weighted by molar-refractivity contribution is -0.125. The van der Waals surface area contributed by atoms with Gasteiger partial charge in [0.15, 0.2) is 0 Å². The van der Waals surface area contributed by atoms with E-state index in [2.05, 4.69) is 20.9 Å². The van der Waals surface area contributed by atoms with Crippen molar-refractivity contribution in [2.75, 3.05) is 12.4 Å². The van der Waals surface area contributed by atoms with Gasteiger partial charge in [-0.05, 0) is 32.1 Å². The van der Waals surface area contributed by atoms with E-state index in [0.29, 0.717) is 6.54 Å². The quantitative estimate of drug-likeness (QED) is 0.601. The molecule has 1 unspecified atom stereocenters. The Kier molecular flexibility index (Phi) is 6.16. The summed E-state index contributed by atoms with van der Waals surface area (Å²) < 4.78 is 1.72. The molecule has 2 aliphatic carbocycles. The Labute approximate surface area is 159 Å². The second-order valence-corrected chi connectivity index (χ2v) is 7.85. The minimum absolute atomic E-state index is 0.0000874. The van der Waals surface area contributed by atoms with E-state index in [4.69, 9.17) is 11.6 Å². The zero-order valence-corrected chi connectivity index (χ0v) is 16.1. The number of fused-ring (bicyclic) bond motifs is 1. The Bertz CT molecular complexity index is 652. The largest absolute Gasteiger partial charge is 0.353 e. The van der Waals surface area contributed by atoms with Crippen LogP contribution in [0.3, 0.4) is 0 Å². The first-order valence-corrected chi connectivity index (χ1v) is 10.1. The van der Waals surface area contributed by atoms with Crippen molar-refractivity contribution in [3.05, 3.63) is 11.4 Å². The smallest absolute Gasteiger partial charge is 0.235 e. The van der Waals surface area contributed by atoms with Crippen molar-refractivity contribution in [3.63, 3.8) is 0 Å². The molecule has 1 fully saturated rings. The Morgan fingerprint density at radius 1 is 1.23 bits per heavy atom. The average molecular weight is 382 g/mol. The van der Waals surface area contributed by atoms with Crippen molar-refractivity contribution in [3.8, 4) is 0 Å². The third kappa shape index (κ3) is 4.19. The Morgan fingerprint density at radius 3 is 2.65 bits per heavy atom. The number of amides is 2. The van der Waals surface area contributed by atoms with Gasteiger partial charge in [0, 0.05) is 13.6 Å². The first-order chi connectivity index (χ1) is 12.5. The topological polar surface area (TPSA) is 88.9 Å². The molecular formula is C18H28ClN5O2. The molecule has 2 amide bonds. The summed E-state index contributed by atoms with van der Waals surface area (Å²) in [5, 5.41) is 14.5. The van der Waals surface area contributed by atoms with Crippen LogP contribution in [0, 0.1) is 0 Å². The Balaban J connectivity index is 1.70. The molecule has 0 saturated heterocycles. The van der Waals surface area contributed by atoms with Crippen molar-refractivity contribution in [1.29, 1.82) is 0 Å². The molecule has 1 saturated carbocycles. The van der Waals surface area contributed by atoms with E-state index >= 15 is 0 Å². The maximum atomic E-state index is 12.9. The van der Waals surface area contributed by atoms with Crippen molar-refractivity contribution in [2.24, 2.45) is 7.05 Å². The van der Waals surface area contributed by atoms with Crippen LogP contribution >= 0.6 is 11.6 Å². The molecule has 1 aromatic heterocycles. The van der Waals surface area contributed by atoms with Crippen LogP contribution in [0.25, 0.3) is 0 Å². The predicted octanol–water partition coefficient (Wildman–Crippen LogP) is 1.80. The van der Waals surface area contributed by atoms with Crippen molar-refractivity contribution in [1.82, 2.24) is 25.6 Å². The molecule has 0 bridgehead atoms. The zero-order chi connectivity index (χ0) is 18.6. The van der Waals surface area contributed by atoms with Gasteiger partial charge in [0.25, 0.3) is 0 Å². The van der Waals surface area contributed by atoms with Gasteiger partial charge in [0.05, 0.1) is 22.8 Å². The average Bonchev–Trinajstić information content (AvgIpc) is 2.88. The summed E-state index contributed by atoms with van der Waals surface area (Å²) in [5.41, 5.74) is 1.47. The van der Waals surface area contributed by atoms with Gasteiger partial charge in [-0.1, -0.05) is 30.9 Å². The number of halogens is 1. The van der Waals surface area contributed by atoms with Gasteiger partial charge >= 0.3 is 0 Å². The number of hydrogen-bond acceptors (Lipinski definition) is 4. The lowest BCUT2D eigenvalue weighted by Gasteiger charge is -2.35. The molecule has 0 radical (unpaired) electrons. The molecule has 144 valence electrons. The van der Waals surface area contributed by atoms with Gasteiger partial charge < -0.3 is 10.6 Å². The minimum Gasteiger partial charge on any atom is -0.353 e. The molecule has 0 spiro atoms. The second kappa shape index (κ2) is 8.37. The van der Waals surface area contributed by atoms with Crippen LogP contribution in [0.4, 0.5) is 0 Å². The third-order valence-corrected chi connectivity index (χ3v) is 5.93.